The number of aromatic nitrogens is 8. The minimum atomic E-state index is -1.21. The van der Waals surface area contributed by atoms with Crippen molar-refractivity contribution in [3.63, 3.8) is 0 Å². The van der Waals surface area contributed by atoms with Crippen LogP contribution in [-0.4, -0.2) is 136 Å². The molecular formula is C67H106N10O6Si4. The number of rotatable bonds is 28. The second kappa shape index (κ2) is 28.3. The standard InChI is InChI=1S/C34H55N5O3Si2.C33H51N5O3Si2/c1-34(2,40)31-12-11-27(21-35-31)29-22-36-39-32(20-30(37-33(29)39)28-18-25-9-10-26(17-25)19-28)38(23-41-13-15-43(3,4)5)24-42-14-16-44(6,7)8;1-24(39)30-11-10-27(20-34-30)29-21-35-38-32(19-31(36-33(29)38)28-17-25-8-9-26(16-25)18-28)37(22-40-12-14-42(2,3)4)23-41-13-15-43(5,6)7/h11-12,20-22,25-26,28,40H,9-10,13-19,23-24H2,1-8H3;10-11,19-21,25-26,28H,8-9,12-18,22-23H2,1-7H3/t2*25-,26+,28?. The Bertz CT molecular complexity index is 3150. The van der Waals surface area contributed by atoms with Crippen LogP contribution in [0, 0.1) is 23.7 Å². The van der Waals surface area contributed by atoms with E-state index in [1.807, 2.05) is 45.8 Å². The normalized spacial score (nSPS) is 20.7. The van der Waals surface area contributed by atoms with Crippen LogP contribution in [0.4, 0.5) is 11.6 Å². The zero-order valence-electron chi connectivity index (χ0n) is 55.8. The molecule has 0 aromatic carbocycles. The van der Waals surface area contributed by atoms with Crippen LogP contribution < -0.4 is 9.80 Å². The van der Waals surface area contributed by atoms with Crippen molar-refractivity contribution in [1.82, 2.24) is 39.2 Å². The first-order chi connectivity index (χ1) is 41.0. The van der Waals surface area contributed by atoms with Gasteiger partial charge in [0.15, 0.2) is 17.1 Å². The average Bonchev–Trinajstić information content (AvgIpc) is 1.75. The summed E-state index contributed by atoms with van der Waals surface area (Å²) in [5.74, 6) is 6.02. The fraction of sp³-hybridized carbons (Fsp3) is 0.657. The maximum atomic E-state index is 11.9. The Balaban J connectivity index is 0.000000208. The molecule has 6 heterocycles. The minimum Gasteiger partial charge on any atom is -0.384 e. The lowest BCUT2D eigenvalue weighted by Gasteiger charge is -2.30. The van der Waals surface area contributed by atoms with Gasteiger partial charge in [-0.3, -0.25) is 14.8 Å². The van der Waals surface area contributed by atoms with Crippen LogP contribution in [0.2, 0.25) is 103 Å². The summed E-state index contributed by atoms with van der Waals surface area (Å²) in [7, 11) is -4.85. The highest BCUT2D eigenvalue weighted by molar-refractivity contribution is 6.77. The number of nitrogens with zero attached hydrogens (tertiary/aromatic N) is 10. The summed E-state index contributed by atoms with van der Waals surface area (Å²) in [6, 6.07) is 16.7. The zero-order valence-corrected chi connectivity index (χ0v) is 59.8. The number of fused-ring (bicyclic) bond motifs is 6. The summed E-state index contributed by atoms with van der Waals surface area (Å²) in [4.78, 5) is 35.9. The van der Waals surface area contributed by atoms with Crippen molar-refractivity contribution in [2.75, 3.05) is 63.2 Å². The maximum Gasteiger partial charge on any atom is 0.178 e. The van der Waals surface area contributed by atoms with Crippen LogP contribution in [-0.2, 0) is 24.5 Å². The summed E-state index contributed by atoms with van der Waals surface area (Å²) in [6.07, 6.45) is 20.4. The quantitative estimate of drug-likeness (QED) is 0.0213. The molecule has 6 atom stereocenters. The number of anilines is 2. The fourth-order valence-corrected chi connectivity index (χ4v) is 16.0. The number of hydrogen-bond donors (Lipinski definition) is 1. The highest BCUT2D eigenvalue weighted by Gasteiger charge is 2.38. The molecule has 6 aromatic heterocycles. The molecule has 0 saturated heterocycles. The lowest BCUT2D eigenvalue weighted by Crippen LogP contribution is -2.33. The van der Waals surface area contributed by atoms with E-state index < -0.39 is 37.9 Å². The third-order valence-electron chi connectivity index (χ3n) is 18.3. The molecule has 10 rings (SSSR count). The molecule has 20 heteroatoms. The van der Waals surface area contributed by atoms with Gasteiger partial charge >= 0.3 is 0 Å². The van der Waals surface area contributed by atoms with Gasteiger partial charge in [0.1, 0.15) is 49.9 Å². The van der Waals surface area contributed by atoms with Crippen molar-refractivity contribution in [2.45, 2.75) is 205 Å². The van der Waals surface area contributed by atoms with Crippen LogP contribution in [0.3, 0.4) is 0 Å². The van der Waals surface area contributed by atoms with E-state index in [2.05, 4.69) is 110 Å². The second-order valence-electron chi connectivity index (χ2n) is 31.5. The maximum absolute atomic E-state index is 11.9. The van der Waals surface area contributed by atoms with Crippen LogP contribution in [0.15, 0.2) is 61.2 Å². The van der Waals surface area contributed by atoms with E-state index in [0.29, 0.717) is 50.1 Å². The molecular weight excluding hydrogens is 1150 g/mol. The Hall–Kier alpha value is -4.52. The number of aliphatic hydroxyl groups is 1. The number of ketones is 1. The molecule has 4 bridgehead atoms. The zero-order chi connectivity index (χ0) is 62.5. The number of hydrogen-bond acceptors (Lipinski definition) is 14. The van der Waals surface area contributed by atoms with Gasteiger partial charge in [-0.2, -0.15) is 19.2 Å². The average molecular weight is 1260 g/mol. The lowest BCUT2D eigenvalue weighted by atomic mass is 9.79. The smallest absolute Gasteiger partial charge is 0.178 e. The van der Waals surface area contributed by atoms with Crippen molar-refractivity contribution >= 4 is 61.0 Å². The number of carbonyl (C=O) groups excluding carboxylic acids is 1. The SMILES string of the molecule is CC(=O)c1ccc(-c2cnn3c(N(COCC[Si](C)(C)C)COCC[Si](C)(C)C)cc(C4C[C@H]5CC[C@@H](C4)C5)nc23)cn1.CC(C)(O)c1ccc(-c2cnn3c(N(COCC[Si](C)(C)C)COCC[Si](C)(C)C)cc(C4C[C@H]5CC[C@@H](C4)C5)nc23)cn1. The number of ether oxygens (including phenoxy) is 4. The monoisotopic (exact) mass is 1260 g/mol. The van der Waals surface area contributed by atoms with Crippen LogP contribution in [0.1, 0.15) is 124 Å². The van der Waals surface area contributed by atoms with Gasteiger partial charge in [0.05, 0.1) is 18.1 Å². The Morgan fingerprint density at radius 2 is 0.885 bits per heavy atom. The van der Waals surface area contributed by atoms with Gasteiger partial charge in [0.25, 0.3) is 0 Å². The summed E-state index contributed by atoms with van der Waals surface area (Å²) in [6.45, 7) is 38.4. The lowest BCUT2D eigenvalue weighted by molar-refractivity contribution is 0.0738. The van der Waals surface area contributed by atoms with Crippen molar-refractivity contribution in [1.29, 1.82) is 0 Å². The van der Waals surface area contributed by atoms with Crippen LogP contribution in [0.5, 0.6) is 0 Å². The van der Waals surface area contributed by atoms with Crippen LogP contribution >= 0.6 is 0 Å². The van der Waals surface area contributed by atoms with Crippen molar-refractivity contribution in [3.8, 4) is 22.3 Å². The third kappa shape index (κ3) is 18.8. The highest BCUT2D eigenvalue weighted by Crippen LogP contribution is 2.50. The molecule has 476 valence electrons. The number of pyridine rings is 2. The molecule has 6 aromatic rings. The molecule has 0 spiro atoms. The van der Waals surface area contributed by atoms with Gasteiger partial charge in [0.2, 0.25) is 0 Å². The van der Waals surface area contributed by atoms with E-state index in [0.717, 1.165) is 131 Å². The molecule has 1 N–H and O–H groups in total. The topological polar surface area (TPSA) is 167 Å². The van der Waals surface area contributed by atoms with Gasteiger partial charge < -0.3 is 33.9 Å². The van der Waals surface area contributed by atoms with Gasteiger partial charge in [-0.1, -0.05) is 116 Å². The molecule has 0 aliphatic heterocycles. The fourth-order valence-electron chi connectivity index (χ4n) is 12.9. The number of Topliss-reactive ketones (excluding diaryl/α,β-unsaturated/α-hetero) is 1. The van der Waals surface area contributed by atoms with E-state index in [9.17, 15) is 9.90 Å². The molecule has 0 radical (unpaired) electrons. The second-order valence-corrected chi connectivity index (χ2v) is 54.0. The van der Waals surface area contributed by atoms with Crippen molar-refractivity contribution in [3.05, 3.63) is 84.0 Å². The number of carbonyl (C=O) groups is 1. The van der Waals surface area contributed by atoms with Crippen molar-refractivity contribution in [2.24, 2.45) is 23.7 Å². The first-order valence-electron chi connectivity index (χ1n) is 32.8. The van der Waals surface area contributed by atoms with E-state index in [1.165, 1.54) is 64.2 Å². The van der Waals surface area contributed by atoms with Gasteiger partial charge in [0, 0.05) is 136 Å². The molecule has 2 unspecified atom stereocenters. The van der Waals surface area contributed by atoms with Gasteiger partial charge in [-0.25, -0.2) is 9.97 Å². The molecule has 87 heavy (non-hydrogen) atoms. The third-order valence-corrected chi connectivity index (χ3v) is 25.1. The molecule has 4 saturated carbocycles. The predicted molar refractivity (Wildman–Crippen MR) is 364 cm³/mol. The van der Waals surface area contributed by atoms with E-state index >= 15 is 0 Å². The van der Waals surface area contributed by atoms with Gasteiger partial charge in [-0.15, -0.1) is 0 Å². The molecule has 4 aliphatic carbocycles. The first kappa shape index (κ1) is 66.9. The predicted octanol–water partition coefficient (Wildman–Crippen LogP) is 15.5. The van der Waals surface area contributed by atoms with E-state index in [1.54, 1.807) is 33.0 Å². The summed E-state index contributed by atoms with van der Waals surface area (Å²) >= 11 is 0. The summed E-state index contributed by atoms with van der Waals surface area (Å²) in [5.41, 5.74) is 7.77. The summed E-state index contributed by atoms with van der Waals surface area (Å²) in [5, 5.41) is 20.2. The molecule has 16 nitrogen and oxygen atoms in total. The van der Waals surface area contributed by atoms with Gasteiger partial charge in [-0.05, 0) is 112 Å². The van der Waals surface area contributed by atoms with E-state index in [-0.39, 0.29) is 5.78 Å². The highest BCUT2D eigenvalue weighted by atomic mass is 28.3. The minimum absolute atomic E-state index is 0.0417. The molecule has 0 amide bonds. The first-order valence-corrected chi connectivity index (χ1v) is 47.6. The Kier molecular flexibility index (Phi) is 21.8. The Morgan fingerprint density at radius 3 is 1.18 bits per heavy atom. The van der Waals surface area contributed by atoms with E-state index in [4.69, 9.17) is 39.1 Å². The van der Waals surface area contributed by atoms with Crippen molar-refractivity contribution < 1.29 is 28.8 Å². The Labute approximate surface area is 524 Å². The molecule has 4 fully saturated rings. The Morgan fingerprint density at radius 1 is 0.529 bits per heavy atom. The summed E-state index contributed by atoms with van der Waals surface area (Å²) < 4.78 is 29.2. The molecule has 4 aliphatic rings. The van der Waals surface area contributed by atoms with Crippen LogP contribution in [0.25, 0.3) is 33.5 Å². The largest absolute Gasteiger partial charge is 0.384 e.